The summed E-state index contributed by atoms with van der Waals surface area (Å²) < 4.78 is 32.4. The van der Waals surface area contributed by atoms with Gasteiger partial charge in [-0.15, -0.1) is 0 Å². The molecule has 2 N–H and O–H groups in total. The van der Waals surface area contributed by atoms with Gasteiger partial charge in [0.2, 0.25) is 10.0 Å². The Bertz CT molecular complexity index is 553. The predicted molar refractivity (Wildman–Crippen MR) is 83.0 cm³/mol. The summed E-state index contributed by atoms with van der Waals surface area (Å²) in [5.74, 6) is 0.693. The summed E-state index contributed by atoms with van der Waals surface area (Å²) in [7, 11) is -3.51. The van der Waals surface area contributed by atoms with Gasteiger partial charge in [0, 0.05) is 6.54 Å². The van der Waals surface area contributed by atoms with Gasteiger partial charge in [-0.2, -0.15) is 0 Å². The summed E-state index contributed by atoms with van der Waals surface area (Å²) >= 11 is 0. The number of aryl methyl sites for hydroxylation is 1. The second-order valence-corrected chi connectivity index (χ2v) is 7.25. The van der Waals surface area contributed by atoms with Gasteiger partial charge in [-0.1, -0.05) is 0 Å². The van der Waals surface area contributed by atoms with E-state index in [1.54, 1.807) is 25.1 Å². The Morgan fingerprint density at radius 2 is 1.95 bits per heavy atom. The molecule has 5 nitrogen and oxygen atoms in total. The van der Waals surface area contributed by atoms with Crippen molar-refractivity contribution >= 4 is 10.0 Å². The van der Waals surface area contributed by atoms with Crippen molar-refractivity contribution in [3.8, 4) is 5.75 Å². The molecule has 1 aromatic carbocycles. The minimum Gasteiger partial charge on any atom is -0.491 e. The molecule has 1 rings (SSSR count). The molecule has 0 aromatic heterocycles. The normalized spacial score (nSPS) is 13.4. The maximum atomic E-state index is 12.1. The highest BCUT2D eigenvalue weighted by Crippen LogP contribution is 2.22. The maximum absolute atomic E-state index is 12.1. The first-order chi connectivity index (χ1) is 9.72. The number of nitrogens with one attached hydrogen (secondary N) is 1. The van der Waals surface area contributed by atoms with Gasteiger partial charge in [0.05, 0.1) is 17.1 Å². The molecule has 0 fully saturated rings. The van der Waals surface area contributed by atoms with Gasteiger partial charge in [0.25, 0.3) is 0 Å². The fraction of sp³-hybridized carbons (Fsp3) is 0.600. The van der Waals surface area contributed by atoms with Gasteiger partial charge >= 0.3 is 0 Å². The lowest BCUT2D eigenvalue weighted by atomic mass is 10.2. The molecule has 0 bridgehead atoms. The second kappa shape index (κ2) is 7.77. The predicted octanol–water partition coefficient (Wildman–Crippen LogP) is 2.22. The van der Waals surface area contributed by atoms with E-state index in [2.05, 4.69) is 4.72 Å². The Morgan fingerprint density at radius 1 is 1.29 bits per heavy atom. The van der Waals surface area contributed by atoms with Crippen LogP contribution in [0.3, 0.4) is 0 Å². The van der Waals surface area contributed by atoms with Crippen molar-refractivity contribution < 1.29 is 18.3 Å². The van der Waals surface area contributed by atoms with Crippen LogP contribution in [0.25, 0.3) is 0 Å². The van der Waals surface area contributed by atoms with Crippen molar-refractivity contribution in [2.45, 2.75) is 57.6 Å². The number of rotatable bonds is 8. The number of hydrogen-bond donors (Lipinski definition) is 2. The maximum Gasteiger partial charge on any atom is 0.240 e. The van der Waals surface area contributed by atoms with E-state index in [1.165, 1.54) is 0 Å². The minimum absolute atomic E-state index is 0.0461. The van der Waals surface area contributed by atoms with Crippen LogP contribution in [-0.2, 0) is 10.0 Å². The van der Waals surface area contributed by atoms with Crippen LogP contribution in [-0.4, -0.2) is 32.3 Å². The topological polar surface area (TPSA) is 75.6 Å². The van der Waals surface area contributed by atoms with Crippen molar-refractivity contribution in [2.24, 2.45) is 0 Å². The molecule has 0 saturated heterocycles. The molecule has 0 saturated carbocycles. The SMILES string of the molecule is Cc1cc(S(=O)(=O)NCCCC(C)O)ccc1OC(C)C. The third kappa shape index (κ3) is 6.03. The molecule has 0 spiro atoms. The van der Waals surface area contributed by atoms with Gasteiger partial charge < -0.3 is 9.84 Å². The van der Waals surface area contributed by atoms with Crippen LogP contribution in [0.5, 0.6) is 5.75 Å². The quantitative estimate of drug-likeness (QED) is 0.721. The molecule has 0 amide bonds. The monoisotopic (exact) mass is 315 g/mol. The largest absolute Gasteiger partial charge is 0.491 e. The van der Waals surface area contributed by atoms with Gasteiger partial charge in [-0.25, -0.2) is 13.1 Å². The standard InChI is InChI=1S/C15H25NO4S/c1-11(2)20-15-8-7-14(10-12(15)3)21(18,19)16-9-5-6-13(4)17/h7-8,10-11,13,16-17H,5-6,9H2,1-4H3. The van der Waals surface area contributed by atoms with E-state index >= 15 is 0 Å². The molecule has 21 heavy (non-hydrogen) atoms. The summed E-state index contributed by atoms with van der Waals surface area (Å²) in [4.78, 5) is 0.230. The van der Waals surface area contributed by atoms with Crippen molar-refractivity contribution in [3.63, 3.8) is 0 Å². The van der Waals surface area contributed by atoms with E-state index in [0.717, 1.165) is 5.56 Å². The molecule has 1 aromatic rings. The molecule has 0 heterocycles. The van der Waals surface area contributed by atoms with Crippen molar-refractivity contribution in [3.05, 3.63) is 23.8 Å². The summed E-state index contributed by atoms with van der Waals surface area (Å²) in [6, 6.07) is 4.83. The Balaban J connectivity index is 2.73. The van der Waals surface area contributed by atoms with Gasteiger partial charge in [-0.3, -0.25) is 0 Å². The Kier molecular flexibility index (Phi) is 6.64. The average molecular weight is 315 g/mol. The Morgan fingerprint density at radius 3 is 2.48 bits per heavy atom. The molecule has 0 radical (unpaired) electrons. The molecule has 1 unspecified atom stereocenters. The molecule has 120 valence electrons. The first-order valence-electron chi connectivity index (χ1n) is 7.17. The van der Waals surface area contributed by atoms with Crippen molar-refractivity contribution in [1.82, 2.24) is 4.72 Å². The summed E-state index contributed by atoms with van der Waals surface area (Å²) in [5, 5.41) is 9.15. The van der Waals surface area contributed by atoms with Crippen LogP contribution in [0, 0.1) is 6.92 Å². The van der Waals surface area contributed by atoms with E-state index < -0.39 is 16.1 Å². The fourth-order valence-electron chi connectivity index (χ4n) is 1.86. The molecule has 0 aliphatic heterocycles. The first kappa shape index (κ1) is 17.9. The van der Waals surface area contributed by atoms with E-state index in [4.69, 9.17) is 9.84 Å². The van der Waals surface area contributed by atoms with Gasteiger partial charge in [0.15, 0.2) is 0 Å². The summed E-state index contributed by atoms with van der Waals surface area (Å²) in [5.41, 5.74) is 0.788. The van der Waals surface area contributed by atoms with E-state index in [-0.39, 0.29) is 11.0 Å². The van der Waals surface area contributed by atoms with Crippen LogP contribution in [0.4, 0.5) is 0 Å². The zero-order chi connectivity index (χ0) is 16.0. The smallest absolute Gasteiger partial charge is 0.240 e. The third-order valence-corrected chi connectivity index (χ3v) is 4.37. The minimum atomic E-state index is -3.51. The summed E-state index contributed by atoms with van der Waals surface area (Å²) in [6.45, 7) is 7.67. The zero-order valence-electron chi connectivity index (χ0n) is 13.1. The molecule has 0 aliphatic carbocycles. The number of sulfonamides is 1. The number of hydrogen-bond acceptors (Lipinski definition) is 4. The van der Waals surface area contributed by atoms with Crippen LogP contribution in [0.2, 0.25) is 0 Å². The highest BCUT2D eigenvalue weighted by Gasteiger charge is 2.15. The van der Waals surface area contributed by atoms with Gasteiger partial charge in [-0.05, 0) is 64.3 Å². The fourth-order valence-corrected chi connectivity index (χ4v) is 3.02. The Labute approximate surface area is 127 Å². The van der Waals surface area contributed by atoms with Crippen molar-refractivity contribution in [1.29, 1.82) is 0 Å². The number of ether oxygens (including phenoxy) is 1. The number of benzene rings is 1. The average Bonchev–Trinajstić information content (AvgIpc) is 2.36. The molecular formula is C15H25NO4S. The lowest BCUT2D eigenvalue weighted by molar-refractivity contribution is 0.182. The second-order valence-electron chi connectivity index (χ2n) is 5.48. The number of aliphatic hydroxyl groups is 1. The van der Waals surface area contributed by atoms with Crippen LogP contribution in [0.15, 0.2) is 23.1 Å². The highest BCUT2D eigenvalue weighted by molar-refractivity contribution is 7.89. The first-order valence-corrected chi connectivity index (χ1v) is 8.65. The highest BCUT2D eigenvalue weighted by atomic mass is 32.2. The Hall–Kier alpha value is -1.11. The van der Waals surface area contributed by atoms with E-state index in [1.807, 2.05) is 20.8 Å². The van der Waals surface area contributed by atoms with E-state index in [0.29, 0.717) is 25.1 Å². The number of aliphatic hydroxyl groups excluding tert-OH is 1. The van der Waals surface area contributed by atoms with Crippen LogP contribution in [0.1, 0.15) is 39.2 Å². The summed E-state index contributed by atoms with van der Waals surface area (Å²) in [6.07, 6.45) is 0.807. The molecule has 0 aliphatic rings. The molecular weight excluding hydrogens is 290 g/mol. The zero-order valence-corrected chi connectivity index (χ0v) is 13.9. The third-order valence-electron chi connectivity index (χ3n) is 2.91. The van der Waals surface area contributed by atoms with Crippen LogP contribution >= 0.6 is 0 Å². The molecule has 6 heteroatoms. The molecule has 1 atom stereocenters. The van der Waals surface area contributed by atoms with Crippen molar-refractivity contribution in [2.75, 3.05) is 6.54 Å². The lowest BCUT2D eigenvalue weighted by Gasteiger charge is -2.14. The van der Waals surface area contributed by atoms with Crippen LogP contribution < -0.4 is 9.46 Å². The van der Waals surface area contributed by atoms with Gasteiger partial charge in [0.1, 0.15) is 5.75 Å². The lowest BCUT2D eigenvalue weighted by Crippen LogP contribution is -2.25. The van der Waals surface area contributed by atoms with E-state index in [9.17, 15) is 8.42 Å².